The quantitative estimate of drug-likeness (QED) is 0.206. The normalized spacial score (nSPS) is 11.9. The Balaban J connectivity index is 2.28. The number of hydrogen-bond donors (Lipinski definition) is 0. The minimum atomic E-state index is -2.62. The van der Waals surface area contributed by atoms with E-state index in [0.717, 1.165) is 0 Å². The highest BCUT2D eigenvalue weighted by atomic mass is 28.3. The maximum Gasteiger partial charge on any atom is 0.174 e. The lowest BCUT2D eigenvalue weighted by molar-refractivity contribution is 1.32. The Kier molecular flexibility index (Phi) is 7.25. The molecule has 0 bridgehead atoms. The Labute approximate surface area is 219 Å². The highest BCUT2D eigenvalue weighted by molar-refractivity contribution is 7.16. The van der Waals surface area contributed by atoms with Gasteiger partial charge in [-0.25, -0.2) is 0 Å². The van der Waals surface area contributed by atoms with Crippen LogP contribution < -0.4 is 15.6 Å². The SMILES string of the molecule is Cc1cc(C)c([Si](/C=C\c2ccccc2)(c2c(C)cc(C)cc2C)c2c(C)cc(C)cc2C)c(C)c1. The van der Waals surface area contributed by atoms with Crippen LogP contribution in [0.15, 0.2) is 72.4 Å². The van der Waals surface area contributed by atoms with Crippen molar-refractivity contribution in [2.24, 2.45) is 0 Å². The lowest BCUT2D eigenvalue weighted by Crippen LogP contribution is -2.70. The maximum atomic E-state index is 2.63. The highest BCUT2D eigenvalue weighted by Crippen LogP contribution is 2.24. The van der Waals surface area contributed by atoms with Gasteiger partial charge in [0.05, 0.1) is 0 Å². The van der Waals surface area contributed by atoms with E-state index in [2.05, 4.69) is 141 Å². The molecule has 0 heterocycles. The van der Waals surface area contributed by atoms with Gasteiger partial charge in [0.15, 0.2) is 8.07 Å². The Morgan fingerprint density at radius 3 is 1.06 bits per heavy atom. The van der Waals surface area contributed by atoms with E-state index in [1.165, 1.54) is 71.2 Å². The standard InChI is InChI=1S/C35H40Si/c1-23-17-26(4)33(27(5)18-23)36(16-15-32-13-11-10-12-14-32,34-28(6)19-24(2)20-29(34)7)35-30(8)21-25(3)22-31(35)9/h10-22H,1-9H3/b16-15-. The maximum absolute atomic E-state index is 2.63. The number of hydrogen-bond acceptors (Lipinski definition) is 0. The van der Waals surface area contributed by atoms with Crippen LogP contribution in [0.4, 0.5) is 0 Å². The van der Waals surface area contributed by atoms with E-state index in [0.29, 0.717) is 0 Å². The zero-order valence-electron chi connectivity index (χ0n) is 23.5. The van der Waals surface area contributed by atoms with E-state index in [4.69, 9.17) is 0 Å². The molecule has 0 spiro atoms. The average Bonchev–Trinajstić information content (AvgIpc) is 2.76. The Hall–Kier alpha value is -3.16. The molecule has 4 aromatic carbocycles. The molecule has 0 atom stereocenters. The van der Waals surface area contributed by atoms with Gasteiger partial charge in [0, 0.05) is 0 Å². The summed E-state index contributed by atoms with van der Waals surface area (Å²) in [6.07, 6.45) is 2.39. The minimum Gasteiger partial charge on any atom is -0.0812 e. The van der Waals surface area contributed by atoms with Crippen LogP contribution in [0.25, 0.3) is 6.08 Å². The molecule has 0 fully saturated rings. The van der Waals surface area contributed by atoms with Crippen molar-refractivity contribution in [3.05, 3.63) is 128 Å². The topological polar surface area (TPSA) is 0 Å². The second-order valence-corrected chi connectivity index (χ2v) is 14.3. The second-order valence-electron chi connectivity index (χ2n) is 10.9. The largest absolute Gasteiger partial charge is 0.174 e. The first-order chi connectivity index (χ1) is 17.0. The van der Waals surface area contributed by atoms with Crippen molar-refractivity contribution in [1.82, 2.24) is 0 Å². The van der Waals surface area contributed by atoms with E-state index < -0.39 is 8.07 Å². The van der Waals surface area contributed by atoms with Crippen molar-refractivity contribution in [3.8, 4) is 0 Å². The van der Waals surface area contributed by atoms with Gasteiger partial charge in [0.1, 0.15) is 0 Å². The van der Waals surface area contributed by atoms with E-state index in [-0.39, 0.29) is 0 Å². The molecule has 36 heavy (non-hydrogen) atoms. The van der Waals surface area contributed by atoms with Gasteiger partial charge in [0.2, 0.25) is 0 Å². The molecule has 0 aliphatic heterocycles. The second kappa shape index (κ2) is 10.1. The van der Waals surface area contributed by atoms with Gasteiger partial charge in [-0.05, 0) is 83.4 Å². The molecule has 184 valence electrons. The van der Waals surface area contributed by atoms with Gasteiger partial charge < -0.3 is 0 Å². The third-order valence-corrected chi connectivity index (χ3v) is 12.9. The monoisotopic (exact) mass is 488 g/mol. The van der Waals surface area contributed by atoms with E-state index >= 15 is 0 Å². The lowest BCUT2D eigenvalue weighted by Gasteiger charge is -2.38. The summed E-state index contributed by atoms with van der Waals surface area (Å²) in [5.74, 6) is 0. The summed E-state index contributed by atoms with van der Waals surface area (Å²) in [6, 6.07) is 25.1. The number of rotatable bonds is 5. The predicted octanol–water partition coefficient (Wildman–Crippen LogP) is 7.19. The molecule has 0 nitrogen and oxygen atoms in total. The van der Waals surface area contributed by atoms with Crippen LogP contribution in [0.3, 0.4) is 0 Å². The third kappa shape index (κ3) is 4.65. The van der Waals surface area contributed by atoms with E-state index in [1.807, 2.05) is 0 Å². The van der Waals surface area contributed by atoms with Crippen LogP contribution in [0.2, 0.25) is 0 Å². The first-order valence-electron chi connectivity index (χ1n) is 13.0. The van der Waals surface area contributed by atoms with Gasteiger partial charge in [-0.15, -0.1) is 0 Å². The summed E-state index contributed by atoms with van der Waals surface area (Å²) in [4.78, 5) is 0. The van der Waals surface area contributed by atoms with Gasteiger partial charge >= 0.3 is 0 Å². The molecule has 0 aliphatic rings. The summed E-state index contributed by atoms with van der Waals surface area (Å²) in [5, 5.41) is 4.60. The zero-order chi connectivity index (χ0) is 26.2. The van der Waals surface area contributed by atoms with Gasteiger partial charge in [-0.1, -0.05) is 129 Å². The molecular weight excluding hydrogens is 448 g/mol. The molecule has 4 rings (SSSR count). The molecule has 0 radical (unpaired) electrons. The van der Waals surface area contributed by atoms with Gasteiger partial charge in [-0.3, -0.25) is 0 Å². The van der Waals surface area contributed by atoms with Crippen molar-refractivity contribution in [3.63, 3.8) is 0 Å². The van der Waals surface area contributed by atoms with Crippen LogP contribution in [0, 0.1) is 62.3 Å². The van der Waals surface area contributed by atoms with Crippen LogP contribution in [-0.2, 0) is 0 Å². The average molecular weight is 489 g/mol. The molecule has 0 N–H and O–H groups in total. The molecule has 0 unspecified atom stereocenters. The molecule has 0 saturated carbocycles. The van der Waals surface area contributed by atoms with Crippen LogP contribution in [-0.4, -0.2) is 8.07 Å². The van der Waals surface area contributed by atoms with Crippen LogP contribution in [0.1, 0.15) is 55.6 Å². The van der Waals surface area contributed by atoms with Crippen LogP contribution >= 0.6 is 0 Å². The van der Waals surface area contributed by atoms with Crippen molar-refractivity contribution < 1.29 is 0 Å². The van der Waals surface area contributed by atoms with Crippen molar-refractivity contribution in [1.29, 1.82) is 0 Å². The lowest BCUT2D eigenvalue weighted by atomic mass is 10.1. The van der Waals surface area contributed by atoms with Crippen LogP contribution in [0.5, 0.6) is 0 Å². The molecule has 0 aliphatic carbocycles. The summed E-state index contributed by atoms with van der Waals surface area (Å²) >= 11 is 0. The molecule has 0 aromatic heterocycles. The molecule has 0 saturated heterocycles. The molecule has 4 aromatic rings. The Morgan fingerprint density at radius 1 is 0.444 bits per heavy atom. The molecular formula is C35H40Si. The minimum absolute atomic E-state index is 1.25. The van der Waals surface area contributed by atoms with Crippen molar-refractivity contribution in [2.75, 3.05) is 0 Å². The third-order valence-electron chi connectivity index (χ3n) is 7.54. The molecule has 0 amide bonds. The van der Waals surface area contributed by atoms with Crippen molar-refractivity contribution >= 4 is 29.7 Å². The number of benzene rings is 4. The fourth-order valence-corrected chi connectivity index (χ4v) is 12.7. The number of aryl methyl sites for hydroxylation is 9. The summed E-state index contributed by atoms with van der Waals surface area (Å²) < 4.78 is 0. The van der Waals surface area contributed by atoms with Gasteiger partial charge in [-0.2, -0.15) is 0 Å². The summed E-state index contributed by atoms with van der Waals surface area (Å²) in [7, 11) is -2.62. The first-order valence-corrected chi connectivity index (χ1v) is 15.1. The predicted molar refractivity (Wildman–Crippen MR) is 162 cm³/mol. The highest BCUT2D eigenvalue weighted by Gasteiger charge is 2.43. The Bertz CT molecular complexity index is 1250. The van der Waals surface area contributed by atoms with Gasteiger partial charge in [0.25, 0.3) is 0 Å². The summed E-state index contributed by atoms with van der Waals surface area (Å²) in [5.41, 5.74) is 16.3. The first kappa shape index (κ1) is 25.9. The smallest absolute Gasteiger partial charge is 0.0812 e. The molecule has 1 heteroatoms. The fourth-order valence-electron chi connectivity index (χ4n) is 6.82. The summed E-state index contributed by atoms with van der Waals surface area (Å²) in [6.45, 7) is 20.6. The van der Waals surface area contributed by atoms with E-state index in [1.54, 1.807) is 0 Å². The van der Waals surface area contributed by atoms with Crippen molar-refractivity contribution in [2.45, 2.75) is 62.3 Å². The fraction of sp³-hybridized carbons (Fsp3) is 0.257. The zero-order valence-corrected chi connectivity index (χ0v) is 24.5. The van der Waals surface area contributed by atoms with E-state index in [9.17, 15) is 0 Å². The Morgan fingerprint density at radius 2 is 0.750 bits per heavy atom.